The largest absolute Gasteiger partial charge is 0.317 e. The van der Waals surface area contributed by atoms with Crippen molar-refractivity contribution in [1.29, 1.82) is 0 Å². The Morgan fingerprint density at radius 3 is 2.57 bits per heavy atom. The van der Waals surface area contributed by atoms with E-state index in [4.69, 9.17) is 5.10 Å². The van der Waals surface area contributed by atoms with E-state index in [9.17, 15) is 0 Å². The number of nitrogens with one attached hydrogen (secondary N) is 1. The molecular formula is C18H33N3. The Labute approximate surface area is 130 Å². The number of nitrogens with zero attached hydrogens (tertiary/aromatic N) is 2. The lowest BCUT2D eigenvalue weighted by Crippen LogP contribution is -2.33. The summed E-state index contributed by atoms with van der Waals surface area (Å²) < 4.78 is 2.21. The zero-order chi connectivity index (χ0) is 15.5. The summed E-state index contributed by atoms with van der Waals surface area (Å²) >= 11 is 0. The highest BCUT2D eigenvalue weighted by Crippen LogP contribution is 2.30. The van der Waals surface area contributed by atoms with Gasteiger partial charge in [0.25, 0.3) is 0 Å². The third-order valence-electron chi connectivity index (χ3n) is 5.34. The average molecular weight is 291 g/mol. The third-order valence-corrected chi connectivity index (χ3v) is 5.34. The summed E-state index contributed by atoms with van der Waals surface area (Å²) in [6, 6.07) is 3.39. The standard InChI is InChI=1S/C18H33N3/c1-14(18(2,3)4)12-16(19-5)13-15-10-11-21(20-15)17-8-6-7-9-17/h10-11,14,16-17,19H,6-9,12-13H2,1-5H3. The Morgan fingerprint density at radius 2 is 2.00 bits per heavy atom. The van der Waals surface area contributed by atoms with Crippen LogP contribution in [-0.4, -0.2) is 22.9 Å². The Kier molecular flexibility index (Phi) is 5.48. The smallest absolute Gasteiger partial charge is 0.0640 e. The van der Waals surface area contributed by atoms with Crippen molar-refractivity contribution in [3.05, 3.63) is 18.0 Å². The topological polar surface area (TPSA) is 29.9 Å². The molecule has 1 aliphatic rings. The molecule has 120 valence electrons. The molecule has 0 amide bonds. The summed E-state index contributed by atoms with van der Waals surface area (Å²) in [5, 5.41) is 8.31. The molecule has 1 aliphatic carbocycles. The van der Waals surface area contributed by atoms with Crippen LogP contribution in [0.4, 0.5) is 0 Å². The van der Waals surface area contributed by atoms with Crippen molar-refractivity contribution < 1.29 is 0 Å². The first-order valence-corrected chi connectivity index (χ1v) is 8.61. The maximum Gasteiger partial charge on any atom is 0.0640 e. The summed E-state index contributed by atoms with van der Waals surface area (Å²) in [6.45, 7) is 9.36. The highest BCUT2D eigenvalue weighted by Gasteiger charge is 2.24. The Bertz CT molecular complexity index is 424. The summed E-state index contributed by atoms with van der Waals surface area (Å²) in [6.07, 6.45) is 9.76. The number of aromatic nitrogens is 2. The molecule has 2 unspecified atom stereocenters. The number of likely N-dealkylation sites (N-methyl/N-ethyl adjacent to an activating group) is 1. The molecule has 1 saturated carbocycles. The maximum absolute atomic E-state index is 4.83. The van der Waals surface area contributed by atoms with Crippen LogP contribution in [0.2, 0.25) is 0 Å². The van der Waals surface area contributed by atoms with Gasteiger partial charge in [-0.2, -0.15) is 5.10 Å². The number of rotatable bonds is 6. The molecule has 0 spiro atoms. The van der Waals surface area contributed by atoms with Crippen LogP contribution in [0.25, 0.3) is 0 Å². The zero-order valence-corrected chi connectivity index (χ0v) is 14.5. The lowest BCUT2D eigenvalue weighted by molar-refractivity contribution is 0.224. The van der Waals surface area contributed by atoms with E-state index in [-0.39, 0.29) is 0 Å². The minimum absolute atomic E-state index is 0.373. The Balaban J connectivity index is 1.92. The van der Waals surface area contributed by atoms with Crippen LogP contribution >= 0.6 is 0 Å². The summed E-state index contributed by atoms with van der Waals surface area (Å²) in [7, 11) is 2.08. The SMILES string of the molecule is CNC(Cc1ccn(C2CCCC2)n1)CC(C)C(C)(C)C. The van der Waals surface area contributed by atoms with Crippen LogP contribution in [0.3, 0.4) is 0 Å². The van der Waals surface area contributed by atoms with Gasteiger partial charge in [0.2, 0.25) is 0 Å². The quantitative estimate of drug-likeness (QED) is 0.851. The predicted molar refractivity (Wildman–Crippen MR) is 89.5 cm³/mol. The lowest BCUT2D eigenvalue weighted by atomic mass is 9.78. The van der Waals surface area contributed by atoms with Gasteiger partial charge in [0.15, 0.2) is 0 Å². The van der Waals surface area contributed by atoms with Crippen LogP contribution in [0.15, 0.2) is 12.3 Å². The van der Waals surface area contributed by atoms with Gasteiger partial charge in [0, 0.05) is 18.7 Å². The van der Waals surface area contributed by atoms with E-state index < -0.39 is 0 Å². The van der Waals surface area contributed by atoms with Gasteiger partial charge in [-0.05, 0) is 43.7 Å². The molecule has 0 aromatic carbocycles. The molecule has 0 saturated heterocycles. The minimum Gasteiger partial charge on any atom is -0.317 e. The van der Waals surface area contributed by atoms with Gasteiger partial charge in [0.1, 0.15) is 0 Å². The van der Waals surface area contributed by atoms with E-state index in [1.165, 1.54) is 37.8 Å². The fourth-order valence-electron chi connectivity index (χ4n) is 3.19. The molecule has 0 aliphatic heterocycles. The third kappa shape index (κ3) is 4.57. The molecule has 21 heavy (non-hydrogen) atoms. The second-order valence-corrected chi connectivity index (χ2v) is 7.92. The highest BCUT2D eigenvalue weighted by atomic mass is 15.3. The summed E-state index contributed by atoms with van der Waals surface area (Å²) in [4.78, 5) is 0. The summed E-state index contributed by atoms with van der Waals surface area (Å²) in [5.74, 6) is 0.701. The molecule has 2 atom stereocenters. The van der Waals surface area contributed by atoms with Gasteiger partial charge in [0.05, 0.1) is 11.7 Å². The number of hydrogen-bond donors (Lipinski definition) is 1. The average Bonchev–Trinajstić information content (AvgIpc) is 3.07. The summed E-state index contributed by atoms with van der Waals surface area (Å²) in [5.41, 5.74) is 1.61. The van der Waals surface area contributed by atoms with E-state index in [1.807, 2.05) is 0 Å². The molecule has 3 heteroatoms. The molecule has 1 heterocycles. The van der Waals surface area contributed by atoms with Crippen LogP contribution < -0.4 is 5.32 Å². The van der Waals surface area contributed by atoms with Crippen molar-refractivity contribution in [1.82, 2.24) is 15.1 Å². The van der Waals surface area contributed by atoms with Crippen LogP contribution in [-0.2, 0) is 6.42 Å². The number of hydrogen-bond acceptors (Lipinski definition) is 2. The molecule has 1 aromatic heterocycles. The molecule has 0 radical (unpaired) electrons. The van der Waals surface area contributed by atoms with Crippen molar-refractivity contribution in [3.63, 3.8) is 0 Å². The van der Waals surface area contributed by atoms with Gasteiger partial charge >= 0.3 is 0 Å². The van der Waals surface area contributed by atoms with E-state index >= 15 is 0 Å². The fourth-order valence-corrected chi connectivity index (χ4v) is 3.19. The van der Waals surface area contributed by atoms with E-state index in [1.54, 1.807) is 0 Å². The first-order chi connectivity index (χ1) is 9.90. The monoisotopic (exact) mass is 291 g/mol. The van der Waals surface area contributed by atoms with Crippen molar-refractivity contribution in [2.75, 3.05) is 7.05 Å². The van der Waals surface area contributed by atoms with E-state index in [0.29, 0.717) is 23.4 Å². The van der Waals surface area contributed by atoms with Crippen molar-refractivity contribution >= 4 is 0 Å². The zero-order valence-electron chi connectivity index (χ0n) is 14.5. The first kappa shape index (κ1) is 16.5. The fraction of sp³-hybridized carbons (Fsp3) is 0.833. The van der Waals surface area contributed by atoms with Gasteiger partial charge in [-0.3, -0.25) is 4.68 Å². The van der Waals surface area contributed by atoms with Gasteiger partial charge in [-0.15, -0.1) is 0 Å². The predicted octanol–water partition coefficient (Wildman–Crippen LogP) is 4.20. The molecule has 1 fully saturated rings. The van der Waals surface area contributed by atoms with Crippen molar-refractivity contribution in [2.45, 2.75) is 78.3 Å². The minimum atomic E-state index is 0.373. The second-order valence-electron chi connectivity index (χ2n) is 7.92. The molecule has 3 nitrogen and oxygen atoms in total. The molecule has 0 bridgehead atoms. The molecule has 1 aromatic rings. The van der Waals surface area contributed by atoms with Crippen LogP contribution in [0, 0.1) is 11.3 Å². The van der Waals surface area contributed by atoms with Gasteiger partial charge < -0.3 is 5.32 Å². The molecular weight excluding hydrogens is 258 g/mol. The first-order valence-electron chi connectivity index (χ1n) is 8.61. The Hall–Kier alpha value is -0.830. The van der Waals surface area contributed by atoms with E-state index in [0.717, 1.165) is 6.42 Å². The van der Waals surface area contributed by atoms with Crippen molar-refractivity contribution in [2.24, 2.45) is 11.3 Å². The van der Waals surface area contributed by atoms with Crippen LogP contribution in [0.5, 0.6) is 0 Å². The maximum atomic E-state index is 4.83. The Morgan fingerprint density at radius 1 is 1.33 bits per heavy atom. The lowest BCUT2D eigenvalue weighted by Gasteiger charge is -2.30. The van der Waals surface area contributed by atoms with Gasteiger partial charge in [-0.25, -0.2) is 0 Å². The molecule has 1 N–H and O–H groups in total. The van der Waals surface area contributed by atoms with E-state index in [2.05, 4.69) is 57.0 Å². The normalized spacial score (nSPS) is 19.9. The van der Waals surface area contributed by atoms with Crippen molar-refractivity contribution in [3.8, 4) is 0 Å². The van der Waals surface area contributed by atoms with Crippen LogP contribution in [0.1, 0.15) is 71.5 Å². The van der Waals surface area contributed by atoms with Gasteiger partial charge in [-0.1, -0.05) is 40.5 Å². The highest BCUT2D eigenvalue weighted by molar-refractivity contribution is 5.03. The molecule has 2 rings (SSSR count). The second kappa shape index (κ2) is 6.95.